The van der Waals surface area contributed by atoms with Crippen molar-refractivity contribution in [2.75, 3.05) is 5.32 Å². The van der Waals surface area contributed by atoms with Crippen LogP contribution >= 0.6 is 0 Å². The third-order valence-corrected chi connectivity index (χ3v) is 3.91. The molecule has 1 saturated carbocycles. The Hall–Kier alpha value is -2.63. The van der Waals surface area contributed by atoms with Crippen molar-refractivity contribution < 1.29 is 14.7 Å². The number of hydrogen-bond acceptors (Lipinski definition) is 3. The zero-order chi connectivity index (χ0) is 15.9. The summed E-state index contributed by atoms with van der Waals surface area (Å²) in [5, 5.41) is 16.0. The van der Waals surface area contributed by atoms with Crippen LogP contribution in [0.1, 0.15) is 50.7 Å². The third-order valence-electron chi connectivity index (χ3n) is 3.91. The van der Waals surface area contributed by atoms with E-state index in [2.05, 4.69) is 10.4 Å². The van der Waals surface area contributed by atoms with E-state index in [0.29, 0.717) is 22.7 Å². The van der Waals surface area contributed by atoms with E-state index in [1.165, 1.54) is 6.07 Å². The summed E-state index contributed by atoms with van der Waals surface area (Å²) in [5.41, 5.74) is 2.98. The summed E-state index contributed by atoms with van der Waals surface area (Å²) in [6, 6.07) is 4.76. The predicted molar refractivity (Wildman–Crippen MR) is 81.3 cm³/mol. The standard InChI is InChI=1S/C16H17N3O3/c1-9-7-11(5-6-12(9)16(21)22)18-15(20)13-8-17-19(2)14(13)10-3-4-10/h5-8,10H,3-4H2,1-2H3,(H,18,20)(H,21,22). The summed E-state index contributed by atoms with van der Waals surface area (Å²) in [6.45, 7) is 1.71. The lowest BCUT2D eigenvalue weighted by Gasteiger charge is -2.08. The highest BCUT2D eigenvalue weighted by Crippen LogP contribution is 2.41. The minimum absolute atomic E-state index is 0.211. The number of benzene rings is 1. The molecule has 1 aromatic carbocycles. The van der Waals surface area contributed by atoms with Crippen LogP contribution in [0.25, 0.3) is 0 Å². The number of anilines is 1. The predicted octanol–water partition coefficient (Wildman–Crippen LogP) is 2.56. The van der Waals surface area contributed by atoms with Crippen molar-refractivity contribution >= 4 is 17.6 Å². The molecule has 0 unspecified atom stereocenters. The minimum atomic E-state index is -0.973. The van der Waals surface area contributed by atoms with Crippen molar-refractivity contribution in [2.45, 2.75) is 25.7 Å². The molecule has 3 rings (SSSR count). The van der Waals surface area contributed by atoms with Gasteiger partial charge >= 0.3 is 5.97 Å². The van der Waals surface area contributed by atoms with Gasteiger partial charge in [0, 0.05) is 18.7 Å². The van der Waals surface area contributed by atoms with Crippen molar-refractivity contribution in [2.24, 2.45) is 7.05 Å². The van der Waals surface area contributed by atoms with Crippen LogP contribution in [0.4, 0.5) is 5.69 Å². The summed E-state index contributed by atoms with van der Waals surface area (Å²) in [7, 11) is 1.84. The molecule has 1 aromatic heterocycles. The molecule has 1 heterocycles. The van der Waals surface area contributed by atoms with Crippen molar-refractivity contribution in [3.8, 4) is 0 Å². The second-order valence-electron chi connectivity index (χ2n) is 5.63. The molecule has 0 saturated heterocycles. The Kier molecular flexibility index (Phi) is 3.44. The van der Waals surface area contributed by atoms with E-state index in [1.807, 2.05) is 7.05 Å². The Labute approximate surface area is 127 Å². The highest BCUT2D eigenvalue weighted by molar-refractivity contribution is 6.05. The molecule has 0 atom stereocenters. The van der Waals surface area contributed by atoms with E-state index in [0.717, 1.165) is 18.5 Å². The Bertz CT molecular complexity index is 760. The Morgan fingerprint density at radius 2 is 2.05 bits per heavy atom. The maximum absolute atomic E-state index is 12.4. The number of amides is 1. The topological polar surface area (TPSA) is 84.2 Å². The number of aromatic carboxylic acids is 1. The van der Waals surface area contributed by atoms with Gasteiger partial charge in [0.1, 0.15) is 0 Å². The van der Waals surface area contributed by atoms with E-state index in [-0.39, 0.29) is 11.5 Å². The Balaban J connectivity index is 1.83. The van der Waals surface area contributed by atoms with Gasteiger partial charge in [0.25, 0.3) is 5.91 Å². The molecule has 1 amide bonds. The van der Waals surface area contributed by atoms with E-state index >= 15 is 0 Å². The number of carbonyl (C=O) groups excluding carboxylic acids is 1. The highest BCUT2D eigenvalue weighted by atomic mass is 16.4. The maximum Gasteiger partial charge on any atom is 0.335 e. The second-order valence-corrected chi connectivity index (χ2v) is 5.63. The number of carbonyl (C=O) groups is 2. The summed E-state index contributed by atoms with van der Waals surface area (Å²) in [5.74, 6) is -0.763. The zero-order valence-electron chi connectivity index (χ0n) is 12.5. The van der Waals surface area contributed by atoms with Gasteiger partial charge in [-0.1, -0.05) is 0 Å². The zero-order valence-corrected chi connectivity index (χ0v) is 12.5. The first-order valence-corrected chi connectivity index (χ1v) is 7.14. The summed E-state index contributed by atoms with van der Waals surface area (Å²) < 4.78 is 1.76. The average Bonchev–Trinajstić information content (AvgIpc) is 3.21. The molecule has 2 aromatic rings. The van der Waals surface area contributed by atoms with Crippen LogP contribution in [0.2, 0.25) is 0 Å². The van der Waals surface area contributed by atoms with Gasteiger partial charge in [-0.2, -0.15) is 5.10 Å². The van der Waals surface area contributed by atoms with Gasteiger partial charge in [0.15, 0.2) is 0 Å². The lowest BCUT2D eigenvalue weighted by Crippen LogP contribution is -2.14. The van der Waals surface area contributed by atoms with Crippen LogP contribution in [0.5, 0.6) is 0 Å². The first kappa shape index (κ1) is 14.3. The van der Waals surface area contributed by atoms with E-state index < -0.39 is 5.97 Å². The normalized spacial score (nSPS) is 13.9. The molecule has 114 valence electrons. The minimum Gasteiger partial charge on any atom is -0.478 e. The fourth-order valence-corrected chi connectivity index (χ4v) is 2.64. The number of carboxylic acid groups (broad SMARTS) is 1. The number of hydrogen-bond donors (Lipinski definition) is 2. The van der Waals surface area contributed by atoms with Gasteiger partial charge in [-0.05, 0) is 43.5 Å². The number of nitrogens with zero attached hydrogens (tertiary/aromatic N) is 2. The quantitative estimate of drug-likeness (QED) is 0.908. The lowest BCUT2D eigenvalue weighted by molar-refractivity contribution is 0.0696. The van der Waals surface area contributed by atoms with Crippen molar-refractivity contribution in [3.05, 3.63) is 46.8 Å². The SMILES string of the molecule is Cc1cc(NC(=O)c2cnn(C)c2C2CC2)ccc1C(=O)O. The summed E-state index contributed by atoms with van der Waals surface area (Å²) >= 11 is 0. The Morgan fingerprint density at radius 1 is 1.32 bits per heavy atom. The third kappa shape index (κ3) is 2.59. The molecular formula is C16H17N3O3. The number of aromatic nitrogens is 2. The first-order valence-electron chi connectivity index (χ1n) is 7.14. The molecule has 2 N–H and O–H groups in total. The molecule has 1 aliphatic carbocycles. The molecule has 0 aliphatic heterocycles. The molecule has 0 bridgehead atoms. The van der Waals surface area contributed by atoms with Crippen LogP contribution in [0.3, 0.4) is 0 Å². The van der Waals surface area contributed by atoms with E-state index in [4.69, 9.17) is 5.11 Å². The number of nitrogens with one attached hydrogen (secondary N) is 1. The largest absolute Gasteiger partial charge is 0.478 e. The number of carboxylic acids is 1. The summed E-state index contributed by atoms with van der Waals surface area (Å²) in [6.07, 6.45) is 3.76. The lowest BCUT2D eigenvalue weighted by atomic mass is 10.1. The van der Waals surface area contributed by atoms with E-state index in [9.17, 15) is 9.59 Å². The van der Waals surface area contributed by atoms with Crippen LogP contribution in [0.15, 0.2) is 24.4 Å². The van der Waals surface area contributed by atoms with Crippen LogP contribution in [-0.2, 0) is 7.05 Å². The van der Waals surface area contributed by atoms with Gasteiger partial charge in [-0.15, -0.1) is 0 Å². The van der Waals surface area contributed by atoms with Gasteiger partial charge in [-0.25, -0.2) is 4.79 Å². The van der Waals surface area contributed by atoms with Gasteiger partial charge in [0.2, 0.25) is 0 Å². The fraction of sp³-hybridized carbons (Fsp3) is 0.312. The van der Waals surface area contributed by atoms with Gasteiger partial charge in [0.05, 0.1) is 23.0 Å². The Morgan fingerprint density at radius 3 is 2.64 bits per heavy atom. The average molecular weight is 299 g/mol. The molecule has 0 radical (unpaired) electrons. The van der Waals surface area contributed by atoms with Gasteiger partial charge < -0.3 is 10.4 Å². The second kappa shape index (κ2) is 5.29. The maximum atomic E-state index is 12.4. The summed E-state index contributed by atoms with van der Waals surface area (Å²) in [4.78, 5) is 23.4. The first-order chi connectivity index (χ1) is 10.5. The van der Waals surface area contributed by atoms with Crippen molar-refractivity contribution in [3.63, 3.8) is 0 Å². The highest BCUT2D eigenvalue weighted by Gasteiger charge is 2.31. The van der Waals surface area contributed by atoms with Crippen molar-refractivity contribution in [1.82, 2.24) is 9.78 Å². The smallest absolute Gasteiger partial charge is 0.335 e. The molecule has 1 fully saturated rings. The van der Waals surface area contributed by atoms with Crippen molar-refractivity contribution in [1.29, 1.82) is 0 Å². The monoisotopic (exact) mass is 299 g/mol. The number of rotatable bonds is 4. The van der Waals surface area contributed by atoms with Crippen LogP contribution < -0.4 is 5.32 Å². The van der Waals surface area contributed by atoms with E-state index in [1.54, 1.807) is 29.9 Å². The molecule has 1 aliphatic rings. The fourth-order valence-electron chi connectivity index (χ4n) is 2.64. The molecule has 6 nitrogen and oxygen atoms in total. The molecule has 22 heavy (non-hydrogen) atoms. The van der Waals surface area contributed by atoms with Crippen LogP contribution in [-0.4, -0.2) is 26.8 Å². The molecular weight excluding hydrogens is 282 g/mol. The van der Waals surface area contributed by atoms with Crippen LogP contribution in [0, 0.1) is 6.92 Å². The van der Waals surface area contributed by atoms with Gasteiger partial charge in [-0.3, -0.25) is 9.48 Å². The number of aryl methyl sites for hydroxylation is 2. The molecule has 0 spiro atoms. The molecule has 6 heteroatoms.